The third-order valence-corrected chi connectivity index (χ3v) is 5.92. The zero-order valence-corrected chi connectivity index (χ0v) is 17.5. The molecule has 0 aliphatic carbocycles. The second-order valence-corrected chi connectivity index (χ2v) is 8.36. The van der Waals surface area contributed by atoms with E-state index in [1.165, 1.54) is 0 Å². The lowest BCUT2D eigenvalue weighted by molar-refractivity contribution is -0.154. The number of carbonyl (C=O) groups is 3. The van der Waals surface area contributed by atoms with Gasteiger partial charge in [0.1, 0.15) is 12.6 Å². The molecule has 0 unspecified atom stereocenters. The molecule has 1 N–H and O–H groups in total. The van der Waals surface area contributed by atoms with Gasteiger partial charge in [-0.25, -0.2) is 0 Å². The largest absolute Gasteiger partial charge is 0.348 e. The molecule has 29 heavy (non-hydrogen) atoms. The van der Waals surface area contributed by atoms with Crippen molar-refractivity contribution in [2.75, 3.05) is 13.1 Å². The molecule has 0 saturated carbocycles. The Bertz CT molecular complexity index is 945. The Morgan fingerprint density at radius 1 is 1.10 bits per heavy atom. The molecule has 4 rings (SSSR count). The minimum absolute atomic E-state index is 0.0237. The lowest BCUT2D eigenvalue weighted by Crippen LogP contribution is -2.56. The van der Waals surface area contributed by atoms with Crippen molar-refractivity contribution in [3.8, 4) is 0 Å². The van der Waals surface area contributed by atoms with Gasteiger partial charge in [-0.05, 0) is 48.2 Å². The minimum atomic E-state index is -0.292. The van der Waals surface area contributed by atoms with E-state index in [4.69, 9.17) is 0 Å². The number of amides is 3. The molecule has 150 valence electrons. The smallest absolute Gasteiger partial charge is 0.251 e. The fraction of sp³-hybridized carbons (Fsp3) is 0.318. The van der Waals surface area contributed by atoms with Crippen LogP contribution in [0.1, 0.15) is 34.3 Å². The van der Waals surface area contributed by atoms with Gasteiger partial charge < -0.3 is 15.1 Å². The van der Waals surface area contributed by atoms with Gasteiger partial charge in [-0.2, -0.15) is 0 Å². The average molecular weight is 456 g/mol. The van der Waals surface area contributed by atoms with Crippen LogP contribution in [0, 0.1) is 0 Å². The number of fused-ring (bicyclic) bond motifs is 1. The van der Waals surface area contributed by atoms with Crippen molar-refractivity contribution in [2.24, 2.45) is 0 Å². The summed E-state index contributed by atoms with van der Waals surface area (Å²) in [5.41, 5.74) is 2.48. The van der Waals surface area contributed by atoms with E-state index in [0.29, 0.717) is 25.2 Å². The zero-order valence-electron chi connectivity index (χ0n) is 15.9. The second-order valence-electron chi connectivity index (χ2n) is 7.45. The predicted octanol–water partition coefficient (Wildman–Crippen LogP) is 2.71. The van der Waals surface area contributed by atoms with Gasteiger partial charge >= 0.3 is 0 Å². The van der Waals surface area contributed by atoms with Crippen LogP contribution < -0.4 is 5.32 Å². The molecule has 2 fully saturated rings. The normalized spacial score (nSPS) is 18.7. The third kappa shape index (κ3) is 4.34. The number of hydrogen-bond acceptors (Lipinski definition) is 3. The number of hydrogen-bond donors (Lipinski definition) is 1. The van der Waals surface area contributed by atoms with E-state index in [2.05, 4.69) is 21.2 Å². The van der Waals surface area contributed by atoms with Gasteiger partial charge in [0.05, 0.1) is 0 Å². The van der Waals surface area contributed by atoms with Gasteiger partial charge in [-0.3, -0.25) is 14.4 Å². The highest BCUT2D eigenvalue weighted by atomic mass is 79.9. The van der Waals surface area contributed by atoms with Crippen LogP contribution in [0.3, 0.4) is 0 Å². The Labute approximate surface area is 178 Å². The minimum Gasteiger partial charge on any atom is -0.348 e. The monoisotopic (exact) mass is 455 g/mol. The predicted molar refractivity (Wildman–Crippen MR) is 112 cm³/mol. The molecular formula is C22H22BrN3O3. The van der Waals surface area contributed by atoms with Crippen molar-refractivity contribution in [1.29, 1.82) is 0 Å². The van der Waals surface area contributed by atoms with Gasteiger partial charge in [0.2, 0.25) is 11.8 Å². The Hall–Kier alpha value is -2.67. The first-order chi connectivity index (χ1) is 14.0. The number of halogens is 1. The molecule has 2 aliphatic rings. The molecule has 7 heteroatoms. The quantitative estimate of drug-likeness (QED) is 0.753. The molecule has 2 heterocycles. The summed E-state index contributed by atoms with van der Waals surface area (Å²) in [7, 11) is 0. The van der Waals surface area contributed by atoms with Crippen LogP contribution >= 0.6 is 15.9 Å². The van der Waals surface area contributed by atoms with E-state index >= 15 is 0 Å². The van der Waals surface area contributed by atoms with Crippen LogP contribution in [0.15, 0.2) is 53.0 Å². The maximum absolute atomic E-state index is 12.6. The molecule has 0 radical (unpaired) electrons. The lowest BCUT2D eigenvalue weighted by Gasteiger charge is -2.36. The molecule has 1 atom stereocenters. The standard InChI is InChI=1S/C22H22BrN3O3/c23-18-4-1-3-16(11-18)12-24-21(28)17-8-6-15(7-9-17)13-25-14-20(27)26-10-2-5-19(26)22(25)29/h1,3-4,6-9,11,19H,2,5,10,12-14H2,(H,24,28)/t19-/m1/s1. The third-order valence-electron chi connectivity index (χ3n) is 5.43. The molecule has 0 aromatic heterocycles. The maximum Gasteiger partial charge on any atom is 0.251 e. The topological polar surface area (TPSA) is 69.7 Å². The van der Waals surface area contributed by atoms with Crippen LogP contribution in [-0.2, 0) is 22.7 Å². The van der Waals surface area contributed by atoms with Gasteiger partial charge in [-0.1, -0.05) is 40.2 Å². The zero-order chi connectivity index (χ0) is 20.4. The highest BCUT2D eigenvalue weighted by molar-refractivity contribution is 9.10. The van der Waals surface area contributed by atoms with E-state index in [0.717, 1.165) is 28.4 Å². The Morgan fingerprint density at radius 3 is 2.66 bits per heavy atom. The van der Waals surface area contributed by atoms with Crippen LogP contribution in [0.25, 0.3) is 0 Å². The summed E-state index contributed by atoms with van der Waals surface area (Å²) in [5.74, 6) is -0.101. The molecule has 0 spiro atoms. The van der Waals surface area contributed by atoms with Crippen molar-refractivity contribution < 1.29 is 14.4 Å². The fourth-order valence-electron chi connectivity index (χ4n) is 3.91. The van der Waals surface area contributed by atoms with Crippen molar-refractivity contribution >= 4 is 33.7 Å². The van der Waals surface area contributed by atoms with Crippen LogP contribution in [0.4, 0.5) is 0 Å². The first-order valence-corrected chi connectivity index (χ1v) is 10.5. The maximum atomic E-state index is 12.6. The molecule has 2 aromatic carbocycles. The number of nitrogens with one attached hydrogen (secondary N) is 1. The molecule has 2 aromatic rings. The number of carbonyl (C=O) groups excluding carboxylic acids is 3. The van der Waals surface area contributed by atoms with Gasteiger partial charge in [0.15, 0.2) is 0 Å². The Kier molecular flexibility index (Phi) is 5.67. The highest BCUT2D eigenvalue weighted by Gasteiger charge is 2.41. The van der Waals surface area contributed by atoms with Crippen molar-refractivity contribution in [1.82, 2.24) is 15.1 Å². The van der Waals surface area contributed by atoms with Crippen molar-refractivity contribution in [3.05, 3.63) is 69.7 Å². The van der Waals surface area contributed by atoms with E-state index in [9.17, 15) is 14.4 Å². The summed E-state index contributed by atoms with van der Waals surface area (Å²) < 4.78 is 0.972. The molecule has 0 bridgehead atoms. The van der Waals surface area contributed by atoms with E-state index in [1.807, 2.05) is 36.4 Å². The summed E-state index contributed by atoms with van der Waals surface area (Å²) in [6.07, 6.45) is 1.64. The summed E-state index contributed by atoms with van der Waals surface area (Å²) in [5, 5.41) is 2.91. The summed E-state index contributed by atoms with van der Waals surface area (Å²) in [6, 6.07) is 14.7. The van der Waals surface area contributed by atoms with Gasteiger partial charge in [-0.15, -0.1) is 0 Å². The Balaban J connectivity index is 1.35. The van der Waals surface area contributed by atoms with E-state index in [1.54, 1.807) is 21.9 Å². The van der Waals surface area contributed by atoms with Crippen molar-refractivity contribution in [2.45, 2.75) is 32.0 Å². The lowest BCUT2D eigenvalue weighted by atomic mass is 10.1. The number of piperazine rings is 1. The Morgan fingerprint density at radius 2 is 1.90 bits per heavy atom. The fourth-order valence-corrected chi connectivity index (χ4v) is 4.36. The summed E-state index contributed by atoms with van der Waals surface area (Å²) in [6.45, 7) is 1.65. The first-order valence-electron chi connectivity index (χ1n) is 9.71. The van der Waals surface area contributed by atoms with Crippen LogP contribution in [-0.4, -0.2) is 46.7 Å². The second kappa shape index (κ2) is 8.37. The molecule has 2 aliphatic heterocycles. The highest BCUT2D eigenvalue weighted by Crippen LogP contribution is 2.24. The molecule has 2 saturated heterocycles. The first kappa shape index (κ1) is 19.6. The van der Waals surface area contributed by atoms with E-state index in [-0.39, 0.29) is 30.3 Å². The van der Waals surface area contributed by atoms with Gasteiger partial charge in [0.25, 0.3) is 5.91 Å². The van der Waals surface area contributed by atoms with Gasteiger partial charge in [0, 0.05) is 29.7 Å². The molecular weight excluding hydrogens is 434 g/mol. The average Bonchev–Trinajstić information content (AvgIpc) is 3.21. The van der Waals surface area contributed by atoms with Crippen LogP contribution in [0.5, 0.6) is 0 Å². The molecule has 6 nitrogen and oxygen atoms in total. The number of benzene rings is 2. The summed E-state index contributed by atoms with van der Waals surface area (Å²) >= 11 is 3.42. The van der Waals surface area contributed by atoms with Crippen LogP contribution in [0.2, 0.25) is 0 Å². The summed E-state index contributed by atoms with van der Waals surface area (Å²) in [4.78, 5) is 40.6. The number of nitrogens with zero attached hydrogens (tertiary/aromatic N) is 2. The SMILES string of the molecule is O=C(NCc1cccc(Br)c1)c1ccc(CN2CC(=O)N3CCC[C@@H]3C2=O)cc1. The molecule has 3 amide bonds. The van der Waals surface area contributed by atoms with E-state index < -0.39 is 0 Å². The van der Waals surface area contributed by atoms with Crippen molar-refractivity contribution in [3.63, 3.8) is 0 Å². The number of rotatable bonds is 5.